The summed E-state index contributed by atoms with van der Waals surface area (Å²) in [5.74, 6) is -0.455. The summed E-state index contributed by atoms with van der Waals surface area (Å²) >= 11 is 0. The van der Waals surface area contributed by atoms with E-state index in [0.29, 0.717) is 17.3 Å². The number of fused-ring (bicyclic) bond motifs is 1. The second-order valence-electron chi connectivity index (χ2n) is 2.31. The summed E-state index contributed by atoms with van der Waals surface area (Å²) in [7, 11) is 0. The van der Waals surface area contributed by atoms with Gasteiger partial charge in [0.15, 0.2) is 5.82 Å². The molecule has 2 rings (SSSR count). The third kappa shape index (κ3) is 1.89. The van der Waals surface area contributed by atoms with E-state index in [0.717, 1.165) is 0 Å². The van der Waals surface area contributed by atoms with Crippen molar-refractivity contribution in [3.8, 4) is 0 Å². The highest BCUT2D eigenvalue weighted by Crippen LogP contribution is 1.98. The molecule has 0 saturated carbocycles. The molecule has 0 amide bonds. The van der Waals surface area contributed by atoms with Gasteiger partial charge in [-0.1, -0.05) is 0 Å². The van der Waals surface area contributed by atoms with Gasteiger partial charge in [-0.2, -0.15) is 0 Å². The Balaban J connectivity index is 0.000000720. The fourth-order valence-electron chi connectivity index (χ4n) is 1.03. The molecule has 0 saturated heterocycles. The lowest BCUT2D eigenvalue weighted by Crippen LogP contribution is -2.29. The normalized spacial score (nSPS) is 11.5. The molecule has 72 valence electrons. The molecule has 3 nitrogen and oxygen atoms in total. The molecule has 1 aliphatic heterocycles. The van der Waals surface area contributed by atoms with Crippen LogP contribution in [0.2, 0.25) is 0 Å². The molecule has 1 aromatic rings. The van der Waals surface area contributed by atoms with Gasteiger partial charge in [0.05, 0.1) is 23.8 Å². The second kappa shape index (κ2) is 4.39. The maximum absolute atomic E-state index is 13.0. The fraction of sp³-hybridized carbons (Fsp3) is 0.143. The fourth-order valence-corrected chi connectivity index (χ4v) is 1.03. The van der Waals surface area contributed by atoms with E-state index < -0.39 is 5.82 Å². The van der Waals surface area contributed by atoms with Gasteiger partial charge in [0.1, 0.15) is 5.36 Å². The van der Waals surface area contributed by atoms with Gasteiger partial charge in [-0.25, -0.2) is 4.39 Å². The zero-order valence-corrected chi connectivity index (χ0v) is 8.16. The molecule has 2 heterocycles. The van der Waals surface area contributed by atoms with E-state index >= 15 is 0 Å². The number of nitrogen functional groups attached to an aromatic ring is 1. The van der Waals surface area contributed by atoms with Crippen LogP contribution in [-0.2, 0) is 0 Å². The number of halogens is 3. The van der Waals surface area contributed by atoms with Crippen LogP contribution in [0.5, 0.6) is 0 Å². The van der Waals surface area contributed by atoms with Gasteiger partial charge in [-0.3, -0.25) is 9.98 Å². The number of hydrogen-bond acceptors (Lipinski definition) is 3. The highest BCUT2D eigenvalue weighted by molar-refractivity contribution is 5.85. The van der Waals surface area contributed by atoms with Crippen molar-refractivity contribution >= 4 is 36.6 Å². The molecule has 0 bridgehead atoms. The van der Waals surface area contributed by atoms with Crippen LogP contribution in [-0.4, -0.2) is 11.5 Å². The molecule has 0 aliphatic carbocycles. The molecule has 1 aliphatic rings. The minimum absolute atomic E-state index is 0. The highest BCUT2D eigenvalue weighted by Gasteiger charge is 2.05. The number of pyridine rings is 1. The molecule has 0 radical (unpaired) electrons. The van der Waals surface area contributed by atoms with Crippen LogP contribution >= 0.6 is 24.8 Å². The molecule has 2 N–H and O–H groups in total. The van der Waals surface area contributed by atoms with E-state index in [-0.39, 0.29) is 30.5 Å². The first-order valence-electron chi connectivity index (χ1n) is 3.23. The SMILES string of the molecule is Cl.Cl.Nc1cnc2c(c1F)=NCC=2. The maximum atomic E-state index is 13.0. The van der Waals surface area contributed by atoms with E-state index in [1.54, 1.807) is 6.08 Å². The molecule has 0 unspecified atom stereocenters. The van der Waals surface area contributed by atoms with Crippen molar-refractivity contribution in [2.45, 2.75) is 0 Å². The molecule has 0 atom stereocenters. The van der Waals surface area contributed by atoms with Gasteiger partial charge in [-0.05, 0) is 6.08 Å². The number of hydrogen-bond donors (Lipinski definition) is 1. The number of aromatic nitrogens is 1. The van der Waals surface area contributed by atoms with E-state index in [9.17, 15) is 4.39 Å². The Hall–Kier alpha value is -0.870. The first-order chi connectivity index (χ1) is 5.29. The quantitative estimate of drug-likeness (QED) is 0.677. The lowest BCUT2D eigenvalue weighted by molar-refractivity contribution is 0.612. The number of rotatable bonds is 0. The van der Waals surface area contributed by atoms with Crippen LogP contribution in [0.15, 0.2) is 11.2 Å². The third-order valence-corrected chi connectivity index (χ3v) is 1.58. The van der Waals surface area contributed by atoms with E-state index in [1.807, 2.05) is 0 Å². The van der Waals surface area contributed by atoms with Crippen molar-refractivity contribution in [2.75, 3.05) is 12.3 Å². The van der Waals surface area contributed by atoms with E-state index in [1.165, 1.54) is 6.20 Å². The van der Waals surface area contributed by atoms with E-state index in [2.05, 4.69) is 9.98 Å². The van der Waals surface area contributed by atoms with Crippen molar-refractivity contribution < 1.29 is 4.39 Å². The summed E-state index contributed by atoms with van der Waals surface area (Å²) in [6, 6.07) is 0. The smallest absolute Gasteiger partial charge is 0.174 e. The summed E-state index contributed by atoms with van der Waals surface area (Å²) in [5.41, 5.74) is 5.34. The first kappa shape index (κ1) is 12.1. The molecule has 0 fully saturated rings. The summed E-state index contributed by atoms with van der Waals surface area (Å²) in [6.45, 7) is 0.503. The minimum Gasteiger partial charge on any atom is -0.395 e. The Kier molecular flexibility index (Phi) is 4.10. The zero-order valence-electron chi connectivity index (χ0n) is 6.53. The van der Waals surface area contributed by atoms with E-state index in [4.69, 9.17) is 5.73 Å². The number of anilines is 1. The Labute approximate surface area is 86.4 Å². The molecular weight excluding hydrogens is 216 g/mol. The van der Waals surface area contributed by atoms with Crippen molar-refractivity contribution in [3.63, 3.8) is 0 Å². The molecule has 1 aromatic heterocycles. The largest absolute Gasteiger partial charge is 0.395 e. The van der Waals surface area contributed by atoms with Gasteiger partial charge in [0.25, 0.3) is 0 Å². The van der Waals surface area contributed by atoms with Crippen LogP contribution in [0.25, 0.3) is 6.08 Å². The Morgan fingerprint density at radius 3 is 2.77 bits per heavy atom. The molecule has 13 heavy (non-hydrogen) atoms. The van der Waals surface area contributed by atoms with Crippen molar-refractivity contribution in [3.05, 3.63) is 22.7 Å². The summed E-state index contributed by atoms with van der Waals surface area (Å²) in [5, 5.41) is 0.890. The average molecular weight is 224 g/mol. The zero-order chi connectivity index (χ0) is 7.84. The molecule has 0 spiro atoms. The first-order valence-corrected chi connectivity index (χ1v) is 3.23. The Morgan fingerprint density at radius 1 is 1.38 bits per heavy atom. The van der Waals surface area contributed by atoms with Crippen molar-refractivity contribution in [1.29, 1.82) is 0 Å². The summed E-state index contributed by atoms with van der Waals surface area (Å²) < 4.78 is 13.0. The van der Waals surface area contributed by atoms with Gasteiger partial charge < -0.3 is 5.73 Å². The van der Waals surface area contributed by atoms with Crippen molar-refractivity contribution in [1.82, 2.24) is 4.98 Å². The van der Waals surface area contributed by atoms with Gasteiger partial charge in [-0.15, -0.1) is 24.8 Å². The van der Waals surface area contributed by atoms with Crippen molar-refractivity contribution in [2.24, 2.45) is 4.99 Å². The average Bonchev–Trinajstić information content (AvgIpc) is 2.45. The van der Waals surface area contributed by atoms with Gasteiger partial charge in [0.2, 0.25) is 0 Å². The maximum Gasteiger partial charge on any atom is 0.174 e. The van der Waals surface area contributed by atoms with Crippen LogP contribution < -0.4 is 16.4 Å². The molecular formula is C7H8Cl2FN3. The molecule has 0 aromatic carbocycles. The van der Waals surface area contributed by atoms with Crippen LogP contribution in [0.1, 0.15) is 0 Å². The monoisotopic (exact) mass is 223 g/mol. The predicted molar refractivity (Wildman–Crippen MR) is 53.2 cm³/mol. The number of nitrogens with zero attached hydrogens (tertiary/aromatic N) is 2. The Bertz CT molecular complexity index is 418. The standard InChI is InChI=1S/C7H6FN3.2ClH/c8-6-4(9)3-11-5-1-2-10-7(5)6;;/h1,3H,2,9H2;2*1H. The summed E-state index contributed by atoms with van der Waals surface area (Å²) in [6.07, 6.45) is 3.07. The Morgan fingerprint density at radius 2 is 2.08 bits per heavy atom. The highest BCUT2D eigenvalue weighted by atomic mass is 35.5. The molecule has 6 heteroatoms. The third-order valence-electron chi connectivity index (χ3n) is 1.58. The summed E-state index contributed by atoms with van der Waals surface area (Å²) in [4.78, 5) is 7.79. The van der Waals surface area contributed by atoms with Crippen LogP contribution in [0.4, 0.5) is 10.1 Å². The topological polar surface area (TPSA) is 51.3 Å². The minimum atomic E-state index is -0.455. The van der Waals surface area contributed by atoms with Crippen LogP contribution in [0.3, 0.4) is 0 Å². The lowest BCUT2D eigenvalue weighted by atomic mass is 10.3. The predicted octanol–water partition coefficient (Wildman–Crippen LogP) is 0.0602. The lowest BCUT2D eigenvalue weighted by Gasteiger charge is -1.92. The van der Waals surface area contributed by atoms with Crippen LogP contribution in [0, 0.1) is 5.82 Å². The second-order valence-corrected chi connectivity index (χ2v) is 2.31. The van der Waals surface area contributed by atoms with Gasteiger partial charge >= 0.3 is 0 Å². The van der Waals surface area contributed by atoms with Gasteiger partial charge in [0, 0.05) is 0 Å². The number of nitrogens with two attached hydrogens (primary N) is 1.